The molecule has 0 aliphatic carbocycles. The summed E-state index contributed by atoms with van der Waals surface area (Å²) >= 11 is 0. The minimum absolute atomic E-state index is 0.0895. The van der Waals surface area contributed by atoms with Gasteiger partial charge in [-0.1, -0.05) is 284 Å². The Bertz CT molecular complexity index is 1570. The first-order valence-electron chi connectivity index (χ1n) is 31.0. The predicted molar refractivity (Wildman–Crippen MR) is 325 cm³/mol. The number of carbonyl (C=O) groups is 3. The molecule has 75 heavy (non-hydrogen) atoms. The van der Waals surface area contributed by atoms with E-state index in [4.69, 9.17) is 14.2 Å². The van der Waals surface area contributed by atoms with Crippen molar-refractivity contribution in [3.8, 4) is 0 Å². The fourth-order valence-corrected chi connectivity index (χ4v) is 8.35. The molecule has 0 bridgehead atoms. The topological polar surface area (TPSA) is 78.9 Å². The molecule has 6 nitrogen and oxygen atoms in total. The highest BCUT2D eigenvalue weighted by molar-refractivity contribution is 5.71. The molecule has 0 radical (unpaired) electrons. The lowest BCUT2D eigenvalue weighted by Gasteiger charge is -2.18. The van der Waals surface area contributed by atoms with Gasteiger partial charge in [0.05, 0.1) is 0 Å². The van der Waals surface area contributed by atoms with Crippen molar-refractivity contribution < 1.29 is 28.6 Å². The first-order chi connectivity index (χ1) is 37.0. The average molecular weight is 1040 g/mol. The summed E-state index contributed by atoms with van der Waals surface area (Å²) in [5.41, 5.74) is 0. The molecule has 426 valence electrons. The zero-order valence-corrected chi connectivity index (χ0v) is 48.8. The molecule has 0 saturated carbocycles. The molecule has 0 amide bonds. The zero-order chi connectivity index (χ0) is 54.3. The van der Waals surface area contributed by atoms with Gasteiger partial charge in [-0.3, -0.25) is 14.4 Å². The first-order valence-corrected chi connectivity index (χ1v) is 31.0. The molecule has 0 aliphatic rings. The molecule has 0 aromatic heterocycles. The van der Waals surface area contributed by atoms with Gasteiger partial charge in [0.25, 0.3) is 0 Å². The van der Waals surface area contributed by atoms with Crippen LogP contribution < -0.4 is 0 Å². The van der Waals surface area contributed by atoms with Crippen LogP contribution in [0.1, 0.15) is 278 Å². The number of carbonyl (C=O) groups excluding carboxylic acids is 3. The van der Waals surface area contributed by atoms with Crippen LogP contribution in [0.4, 0.5) is 0 Å². The molecular formula is C69H114O6. The van der Waals surface area contributed by atoms with Gasteiger partial charge in [-0.25, -0.2) is 0 Å². The predicted octanol–water partition coefficient (Wildman–Crippen LogP) is 21.2. The van der Waals surface area contributed by atoms with Crippen LogP contribution in [-0.4, -0.2) is 37.2 Å². The molecule has 0 aromatic rings. The van der Waals surface area contributed by atoms with Crippen molar-refractivity contribution in [3.05, 3.63) is 122 Å². The third-order valence-electron chi connectivity index (χ3n) is 13.0. The number of allylic oxidation sites excluding steroid dienone is 20. The Hall–Kier alpha value is -4.19. The molecule has 0 heterocycles. The normalized spacial score (nSPS) is 12.9. The number of hydrogen-bond acceptors (Lipinski definition) is 6. The second kappa shape index (κ2) is 62.4. The Balaban J connectivity index is 4.31. The lowest BCUT2D eigenvalue weighted by molar-refractivity contribution is -0.167. The van der Waals surface area contributed by atoms with Crippen molar-refractivity contribution in [2.24, 2.45) is 0 Å². The van der Waals surface area contributed by atoms with E-state index in [0.717, 1.165) is 122 Å². The van der Waals surface area contributed by atoms with E-state index >= 15 is 0 Å². The van der Waals surface area contributed by atoms with E-state index in [1.165, 1.54) is 116 Å². The quantitative estimate of drug-likeness (QED) is 0.0261. The van der Waals surface area contributed by atoms with E-state index in [2.05, 4.69) is 142 Å². The summed E-state index contributed by atoms with van der Waals surface area (Å²) in [6.07, 6.45) is 86.4. The van der Waals surface area contributed by atoms with Gasteiger partial charge in [-0.05, 0) is 96.3 Å². The molecule has 0 aromatic carbocycles. The Morgan fingerprint density at radius 1 is 0.280 bits per heavy atom. The monoisotopic (exact) mass is 1040 g/mol. The smallest absolute Gasteiger partial charge is 0.306 e. The van der Waals surface area contributed by atoms with Crippen molar-refractivity contribution in [2.45, 2.75) is 284 Å². The van der Waals surface area contributed by atoms with Crippen LogP contribution in [0, 0.1) is 0 Å². The minimum atomic E-state index is -0.794. The van der Waals surface area contributed by atoms with Crippen molar-refractivity contribution in [1.29, 1.82) is 0 Å². The van der Waals surface area contributed by atoms with E-state index in [9.17, 15) is 14.4 Å². The molecule has 0 aliphatic heterocycles. The maximum atomic E-state index is 12.8. The van der Waals surface area contributed by atoms with Crippen molar-refractivity contribution in [3.63, 3.8) is 0 Å². The summed E-state index contributed by atoms with van der Waals surface area (Å²) < 4.78 is 16.8. The van der Waals surface area contributed by atoms with Crippen LogP contribution in [-0.2, 0) is 28.6 Å². The molecule has 0 N–H and O–H groups in total. The Labute approximate surface area is 462 Å². The van der Waals surface area contributed by atoms with Gasteiger partial charge in [-0.15, -0.1) is 0 Å². The summed E-state index contributed by atoms with van der Waals surface area (Å²) in [7, 11) is 0. The average Bonchev–Trinajstić information content (AvgIpc) is 3.41. The lowest BCUT2D eigenvalue weighted by atomic mass is 10.0. The molecule has 6 heteroatoms. The van der Waals surface area contributed by atoms with E-state index in [0.29, 0.717) is 19.3 Å². The third-order valence-corrected chi connectivity index (χ3v) is 13.0. The Morgan fingerprint density at radius 2 is 0.520 bits per heavy atom. The van der Waals surface area contributed by atoms with E-state index in [1.54, 1.807) is 0 Å². The lowest BCUT2D eigenvalue weighted by Crippen LogP contribution is -2.30. The Kier molecular flexibility index (Phi) is 58.9. The summed E-state index contributed by atoms with van der Waals surface area (Å²) in [5, 5.41) is 0. The van der Waals surface area contributed by atoms with Gasteiger partial charge < -0.3 is 14.2 Å². The van der Waals surface area contributed by atoms with E-state index < -0.39 is 6.10 Å². The second-order valence-electron chi connectivity index (χ2n) is 20.2. The van der Waals surface area contributed by atoms with Crippen LogP contribution in [0.15, 0.2) is 122 Å². The zero-order valence-electron chi connectivity index (χ0n) is 48.8. The van der Waals surface area contributed by atoms with E-state index in [-0.39, 0.29) is 31.1 Å². The molecular weight excluding hydrogens is 925 g/mol. The molecule has 1 atom stereocenters. The number of unbranched alkanes of at least 4 members (excludes halogenated alkanes) is 24. The van der Waals surface area contributed by atoms with Gasteiger partial charge >= 0.3 is 17.9 Å². The maximum absolute atomic E-state index is 12.8. The summed E-state index contributed by atoms with van der Waals surface area (Å²) in [6.45, 7) is 6.49. The summed E-state index contributed by atoms with van der Waals surface area (Å²) in [4.78, 5) is 38.1. The molecule has 0 fully saturated rings. The van der Waals surface area contributed by atoms with Crippen molar-refractivity contribution >= 4 is 17.9 Å². The maximum Gasteiger partial charge on any atom is 0.306 e. The van der Waals surface area contributed by atoms with Crippen LogP contribution in [0.3, 0.4) is 0 Å². The van der Waals surface area contributed by atoms with Crippen LogP contribution in [0.5, 0.6) is 0 Å². The van der Waals surface area contributed by atoms with Gasteiger partial charge in [0.15, 0.2) is 6.10 Å². The van der Waals surface area contributed by atoms with Gasteiger partial charge in [0.2, 0.25) is 0 Å². The van der Waals surface area contributed by atoms with Gasteiger partial charge in [-0.2, -0.15) is 0 Å². The molecule has 0 rings (SSSR count). The Morgan fingerprint density at radius 3 is 0.813 bits per heavy atom. The summed E-state index contributed by atoms with van der Waals surface area (Å²) in [6, 6.07) is 0. The largest absolute Gasteiger partial charge is 0.462 e. The SMILES string of the molecule is CC/C=C\C/C=C\C/C=C\C/C=C\C/C=C\C/C=C\C/C=C\C/C=C\C/C=C\C/C=C\CCCCC(=O)OCC(COC(=O)CCCCCCCCCCCCCC)OC(=O)CCCCCCCCCCCCCC. The van der Waals surface area contributed by atoms with Crippen molar-refractivity contribution in [1.82, 2.24) is 0 Å². The van der Waals surface area contributed by atoms with E-state index in [1.807, 2.05) is 0 Å². The molecule has 0 spiro atoms. The van der Waals surface area contributed by atoms with Crippen LogP contribution in [0.2, 0.25) is 0 Å². The van der Waals surface area contributed by atoms with Crippen LogP contribution in [0.25, 0.3) is 0 Å². The van der Waals surface area contributed by atoms with Crippen molar-refractivity contribution in [2.75, 3.05) is 13.2 Å². The number of ether oxygens (including phenoxy) is 3. The molecule has 1 unspecified atom stereocenters. The van der Waals surface area contributed by atoms with Gasteiger partial charge in [0.1, 0.15) is 13.2 Å². The number of rotatable bonds is 55. The summed E-state index contributed by atoms with van der Waals surface area (Å²) in [5.74, 6) is -0.932. The minimum Gasteiger partial charge on any atom is -0.462 e. The fourth-order valence-electron chi connectivity index (χ4n) is 8.35. The standard InChI is InChI=1S/C69H114O6/c1-4-7-10-13-16-19-22-25-26-27-28-29-30-31-32-33-34-35-36-37-38-39-40-41-42-43-44-45-48-50-53-56-59-62-68(71)74-65-66(75-69(72)63-60-57-54-51-47-24-21-18-15-12-9-6-3)64-73-67(70)61-58-55-52-49-46-23-20-17-14-11-8-5-2/h7,10,16,19,25-26,28-29,31-32,34-35,37-38,40-41,43-44,48,50,66H,4-6,8-9,11-15,17-18,20-24,27,30,33,36,39,42,45-47,49,51-65H2,1-3H3/b10-7-,19-16-,26-25-,29-28-,32-31-,35-34-,38-37-,41-40-,44-43-,50-48-. The molecule has 0 saturated heterocycles. The highest BCUT2D eigenvalue weighted by atomic mass is 16.6. The fraction of sp³-hybridized carbons (Fsp3) is 0.667. The number of hydrogen-bond donors (Lipinski definition) is 0. The van der Waals surface area contributed by atoms with Gasteiger partial charge in [0, 0.05) is 19.3 Å². The second-order valence-corrected chi connectivity index (χ2v) is 20.2. The van der Waals surface area contributed by atoms with Crippen LogP contribution >= 0.6 is 0 Å². The first kappa shape index (κ1) is 70.8. The third kappa shape index (κ3) is 60.6. The highest BCUT2D eigenvalue weighted by Crippen LogP contribution is 2.15. The highest BCUT2D eigenvalue weighted by Gasteiger charge is 2.19. The number of esters is 3.